The maximum atomic E-state index is 14.1. The van der Waals surface area contributed by atoms with Crippen LogP contribution in [-0.4, -0.2) is 33.7 Å². The molecule has 0 saturated carbocycles. The first kappa shape index (κ1) is 24.9. The third kappa shape index (κ3) is 4.33. The van der Waals surface area contributed by atoms with Gasteiger partial charge in [-0.1, -0.05) is 43.0 Å². The SMILES string of the molecule is Cc1ccc(C)c(-n2c(SCC(=O)N3CC(=O)Nc4ccccc43)nc3sc4c(c3c2=O)CC[C@H](C)C4)c1. The Morgan fingerprint density at radius 2 is 1.97 bits per heavy atom. The number of amides is 2. The number of benzene rings is 2. The number of carbonyl (C=O) groups excluding carboxylic acids is 2. The summed E-state index contributed by atoms with van der Waals surface area (Å²) >= 11 is 2.86. The molecule has 1 aliphatic heterocycles. The second kappa shape index (κ2) is 9.71. The Balaban J connectivity index is 1.43. The summed E-state index contributed by atoms with van der Waals surface area (Å²) < 4.78 is 1.69. The highest BCUT2D eigenvalue weighted by Gasteiger charge is 2.29. The van der Waals surface area contributed by atoms with Crippen molar-refractivity contribution in [1.82, 2.24) is 9.55 Å². The van der Waals surface area contributed by atoms with Crippen LogP contribution in [0.5, 0.6) is 0 Å². The molecule has 4 aromatic rings. The Bertz CT molecular complexity index is 1670. The van der Waals surface area contributed by atoms with E-state index in [0.717, 1.165) is 51.9 Å². The first-order valence-electron chi connectivity index (χ1n) is 12.8. The number of aryl methyl sites for hydroxylation is 3. The monoisotopic (exact) mass is 544 g/mol. The lowest BCUT2D eigenvalue weighted by Gasteiger charge is -2.29. The number of thiophene rings is 1. The largest absolute Gasteiger partial charge is 0.323 e. The van der Waals surface area contributed by atoms with Crippen molar-refractivity contribution < 1.29 is 9.59 Å². The van der Waals surface area contributed by atoms with Crippen molar-refractivity contribution in [3.63, 3.8) is 0 Å². The molecular formula is C29H28N4O3S2. The number of anilines is 2. The van der Waals surface area contributed by atoms with Crippen LogP contribution in [0.2, 0.25) is 0 Å². The molecule has 6 rings (SSSR count). The van der Waals surface area contributed by atoms with Gasteiger partial charge < -0.3 is 10.2 Å². The molecule has 9 heteroatoms. The number of hydrogen-bond donors (Lipinski definition) is 1. The van der Waals surface area contributed by atoms with Gasteiger partial charge >= 0.3 is 0 Å². The molecule has 2 aliphatic rings. The lowest BCUT2D eigenvalue weighted by Crippen LogP contribution is -2.43. The standard InChI is InChI=1S/C29H28N4O3S2/c1-16-8-10-18(3)22(12-16)33-28(36)26-19-11-9-17(2)13-23(19)38-27(26)31-29(33)37-15-25(35)32-14-24(34)30-20-6-4-5-7-21(20)32/h4-8,10,12,17H,9,11,13-15H2,1-3H3,(H,30,34)/t17-/m0/s1. The van der Waals surface area contributed by atoms with Gasteiger partial charge in [0.15, 0.2) is 5.16 Å². The van der Waals surface area contributed by atoms with Gasteiger partial charge in [-0.25, -0.2) is 4.98 Å². The third-order valence-corrected chi connectivity index (χ3v) is 9.37. The normalized spacial score (nSPS) is 16.8. The predicted molar refractivity (Wildman–Crippen MR) is 154 cm³/mol. The highest BCUT2D eigenvalue weighted by atomic mass is 32.2. The number of nitrogens with one attached hydrogen (secondary N) is 1. The molecule has 0 fully saturated rings. The molecule has 38 heavy (non-hydrogen) atoms. The summed E-state index contributed by atoms with van der Waals surface area (Å²) in [5, 5.41) is 4.03. The van der Waals surface area contributed by atoms with E-state index in [2.05, 4.69) is 12.2 Å². The van der Waals surface area contributed by atoms with E-state index >= 15 is 0 Å². The van der Waals surface area contributed by atoms with Crippen LogP contribution in [0.15, 0.2) is 52.4 Å². The Kier molecular flexibility index (Phi) is 6.36. The molecule has 0 unspecified atom stereocenters. The zero-order chi connectivity index (χ0) is 26.6. The molecule has 3 heterocycles. The summed E-state index contributed by atoms with van der Waals surface area (Å²) in [6.45, 7) is 6.20. The quantitative estimate of drug-likeness (QED) is 0.280. The molecule has 7 nitrogen and oxygen atoms in total. The zero-order valence-electron chi connectivity index (χ0n) is 21.5. The average Bonchev–Trinajstić information content (AvgIpc) is 3.26. The zero-order valence-corrected chi connectivity index (χ0v) is 23.2. The van der Waals surface area contributed by atoms with Crippen LogP contribution in [0.3, 0.4) is 0 Å². The molecule has 0 radical (unpaired) electrons. The Labute approximate surface area is 228 Å². The topological polar surface area (TPSA) is 84.3 Å². The van der Waals surface area contributed by atoms with Gasteiger partial charge in [0.05, 0.1) is 28.2 Å². The lowest BCUT2D eigenvalue weighted by atomic mass is 9.89. The van der Waals surface area contributed by atoms with E-state index in [-0.39, 0.29) is 29.7 Å². The van der Waals surface area contributed by atoms with Gasteiger partial charge in [0.1, 0.15) is 11.4 Å². The summed E-state index contributed by atoms with van der Waals surface area (Å²) in [5.41, 5.74) is 5.15. The summed E-state index contributed by atoms with van der Waals surface area (Å²) in [6.07, 6.45) is 2.93. The van der Waals surface area contributed by atoms with E-state index in [9.17, 15) is 14.4 Å². The molecule has 2 amide bonds. The van der Waals surface area contributed by atoms with Gasteiger partial charge in [-0.05, 0) is 73.9 Å². The fourth-order valence-corrected chi connectivity index (χ4v) is 7.61. The summed E-state index contributed by atoms with van der Waals surface area (Å²) in [6, 6.07) is 13.3. The van der Waals surface area contributed by atoms with E-state index < -0.39 is 0 Å². The van der Waals surface area contributed by atoms with Gasteiger partial charge in [-0.2, -0.15) is 0 Å². The van der Waals surface area contributed by atoms with Crippen molar-refractivity contribution >= 4 is 56.5 Å². The van der Waals surface area contributed by atoms with Crippen molar-refractivity contribution in [2.24, 2.45) is 5.92 Å². The number of aromatic nitrogens is 2. The molecule has 0 spiro atoms. The second-order valence-electron chi connectivity index (χ2n) is 10.2. The average molecular weight is 545 g/mol. The summed E-state index contributed by atoms with van der Waals surface area (Å²) in [4.78, 5) is 48.3. The van der Waals surface area contributed by atoms with Gasteiger partial charge in [0.2, 0.25) is 11.8 Å². The molecule has 194 valence electrons. The molecule has 0 saturated heterocycles. The minimum atomic E-state index is -0.229. The molecule has 2 aromatic carbocycles. The maximum absolute atomic E-state index is 14.1. The first-order valence-corrected chi connectivity index (χ1v) is 14.6. The van der Waals surface area contributed by atoms with Crippen molar-refractivity contribution in [2.75, 3.05) is 22.5 Å². The van der Waals surface area contributed by atoms with Crippen LogP contribution >= 0.6 is 23.1 Å². The van der Waals surface area contributed by atoms with E-state index in [4.69, 9.17) is 4.98 Å². The van der Waals surface area contributed by atoms with Crippen molar-refractivity contribution in [3.05, 3.63) is 74.4 Å². The molecule has 2 aromatic heterocycles. The molecule has 0 bridgehead atoms. The Morgan fingerprint density at radius 1 is 1.16 bits per heavy atom. The predicted octanol–water partition coefficient (Wildman–Crippen LogP) is 5.27. The fraction of sp³-hybridized carbons (Fsp3) is 0.310. The van der Waals surface area contributed by atoms with Crippen LogP contribution in [0, 0.1) is 19.8 Å². The minimum Gasteiger partial charge on any atom is -0.323 e. The van der Waals surface area contributed by atoms with Gasteiger partial charge in [0, 0.05) is 4.88 Å². The Morgan fingerprint density at radius 3 is 2.82 bits per heavy atom. The first-order chi connectivity index (χ1) is 18.3. The third-order valence-electron chi connectivity index (χ3n) is 7.30. The number of hydrogen-bond acceptors (Lipinski definition) is 6. The number of rotatable bonds is 4. The van der Waals surface area contributed by atoms with Gasteiger partial charge in [0.25, 0.3) is 5.56 Å². The number of fused-ring (bicyclic) bond motifs is 4. The van der Waals surface area contributed by atoms with Crippen LogP contribution in [-0.2, 0) is 22.4 Å². The smallest absolute Gasteiger partial charge is 0.267 e. The van der Waals surface area contributed by atoms with Crippen molar-refractivity contribution in [2.45, 2.75) is 45.2 Å². The lowest BCUT2D eigenvalue weighted by molar-refractivity contribution is -0.120. The highest BCUT2D eigenvalue weighted by molar-refractivity contribution is 7.99. The second-order valence-corrected chi connectivity index (χ2v) is 12.2. The highest BCUT2D eigenvalue weighted by Crippen LogP contribution is 2.37. The van der Waals surface area contributed by atoms with Gasteiger partial charge in [-0.15, -0.1) is 11.3 Å². The van der Waals surface area contributed by atoms with E-state index in [1.54, 1.807) is 22.0 Å². The van der Waals surface area contributed by atoms with Crippen LogP contribution < -0.4 is 15.8 Å². The van der Waals surface area contributed by atoms with Gasteiger partial charge in [-0.3, -0.25) is 19.0 Å². The van der Waals surface area contributed by atoms with E-state index in [1.165, 1.54) is 21.5 Å². The minimum absolute atomic E-state index is 0.0392. The van der Waals surface area contributed by atoms with Crippen molar-refractivity contribution in [3.8, 4) is 5.69 Å². The van der Waals surface area contributed by atoms with Crippen molar-refractivity contribution in [1.29, 1.82) is 0 Å². The van der Waals surface area contributed by atoms with Crippen LogP contribution in [0.1, 0.15) is 34.9 Å². The fourth-order valence-electron chi connectivity index (χ4n) is 5.30. The number of thioether (sulfide) groups is 1. The molecule has 1 N–H and O–H groups in total. The summed E-state index contributed by atoms with van der Waals surface area (Å²) in [5.74, 6) is 0.200. The molecular weight excluding hydrogens is 516 g/mol. The molecule has 1 aliphatic carbocycles. The van der Waals surface area contributed by atoms with E-state index in [0.29, 0.717) is 22.4 Å². The number of para-hydroxylation sites is 2. The number of carbonyl (C=O) groups is 2. The summed E-state index contributed by atoms with van der Waals surface area (Å²) in [7, 11) is 0. The molecule has 1 atom stereocenters. The maximum Gasteiger partial charge on any atom is 0.267 e. The van der Waals surface area contributed by atoms with Crippen LogP contribution in [0.4, 0.5) is 11.4 Å². The Hall–Kier alpha value is -3.43. The van der Waals surface area contributed by atoms with E-state index in [1.807, 2.05) is 50.2 Å². The van der Waals surface area contributed by atoms with Crippen LogP contribution in [0.25, 0.3) is 15.9 Å². The number of nitrogens with zero attached hydrogens (tertiary/aromatic N) is 3.